The standard InChI is InChI=1S/C21H24F3N5O3/c1-2-9-29-19(31)8-7-17(26-29)20(32)28-12-10-27(11-13-28)14-18(30)25-16-6-4-3-5-15(16)21(22,23)24/h3-8H,2,9-14H2,1H3,(H,25,30). The lowest BCUT2D eigenvalue weighted by Crippen LogP contribution is -2.50. The molecule has 2 amide bonds. The maximum atomic E-state index is 13.1. The van der Waals surface area contributed by atoms with Gasteiger partial charge >= 0.3 is 6.18 Å². The first-order valence-electron chi connectivity index (χ1n) is 10.2. The Balaban J connectivity index is 1.55. The Morgan fingerprint density at radius 2 is 1.75 bits per heavy atom. The fraction of sp³-hybridized carbons (Fsp3) is 0.429. The Labute approximate surface area is 182 Å². The van der Waals surface area contributed by atoms with Crippen LogP contribution in [0.4, 0.5) is 18.9 Å². The number of benzene rings is 1. The first-order valence-corrected chi connectivity index (χ1v) is 10.2. The van der Waals surface area contributed by atoms with E-state index in [1.807, 2.05) is 6.92 Å². The highest BCUT2D eigenvalue weighted by molar-refractivity contribution is 5.93. The normalized spacial score (nSPS) is 14.9. The minimum atomic E-state index is -4.57. The average Bonchev–Trinajstić information content (AvgIpc) is 2.75. The van der Waals surface area contributed by atoms with E-state index in [9.17, 15) is 27.6 Å². The van der Waals surface area contributed by atoms with Gasteiger partial charge in [0, 0.05) is 38.8 Å². The van der Waals surface area contributed by atoms with Crippen molar-refractivity contribution in [1.82, 2.24) is 19.6 Å². The van der Waals surface area contributed by atoms with Crippen LogP contribution in [-0.2, 0) is 17.5 Å². The van der Waals surface area contributed by atoms with Crippen molar-refractivity contribution in [2.75, 3.05) is 38.0 Å². The van der Waals surface area contributed by atoms with E-state index in [4.69, 9.17) is 0 Å². The summed E-state index contributed by atoms with van der Waals surface area (Å²) in [6, 6.07) is 7.52. The molecular formula is C21H24F3N5O3. The van der Waals surface area contributed by atoms with Crippen LogP contribution in [-0.4, -0.2) is 64.1 Å². The van der Waals surface area contributed by atoms with Gasteiger partial charge in [0.05, 0.1) is 17.8 Å². The molecule has 11 heteroatoms. The van der Waals surface area contributed by atoms with Crippen molar-refractivity contribution in [3.05, 3.63) is 58.0 Å². The van der Waals surface area contributed by atoms with E-state index in [0.29, 0.717) is 39.1 Å². The van der Waals surface area contributed by atoms with Crippen molar-refractivity contribution in [3.63, 3.8) is 0 Å². The zero-order valence-electron chi connectivity index (χ0n) is 17.6. The molecule has 8 nitrogen and oxygen atoms in total. The molecular weight excluding hydrogens is 427 g/mol. The zero-order chi connectivity index (χ0) is 23.3. The summed E-state index contributed by atoms with van der Waals surface area (Å²) in [5, 5.41) is 6.45. The molecule has 1 aromatic carbocycles. The van der Waals surface area contributed by atoms with Crippen LogP contribution in [0.5, 0.6) is 0 Å². The molecule has 0 saturated carbocycles. The van der Waals surface area contributed by atoms with Gasteiger partial charge in [-0.3, -0.25) is 19.3 Å². The lowest BCUT2D eigenvalue weighted by molar-refractivity contribution is -0.137. The molecule has 0 radical (unpaired) electrons. The molecule has 0 aliphatic carbocycles. The number of carbonyl (C=O) groups is 2. The Kier molecular flexibility index (Phi) is 7.29. The summed E-state index contributed by atoms with van der Waals surface area (Å²) in [5.74, 6) is -0.868. The third kappa shape index (κ3) is 5.72. The molecule has 0 bridgehead atoms. The van der Waals surface area contributed by atoms with Gasteiger partial charge < -0.3 is 10.2 Å². The van der Waals surface area contributed by atoms with Crippen molar-refractivity contribution in [1.29, 1.82) is 0 Å². The minimum absolute atomic E-state index is 0.0894. The molecule has 0 atom stereocenters. The van der Waals surface area contributed by atoms with Crippen LogP contribution < -0.4 is 10.9 Å². The molecule has 1 aliphatic heterocycles. The molecule has 3 rings (SSSR count). The van der Waals surface area contributed by atoms with Crippen LogP contribution in [0.2, 0.25) is 0 Å². The van der Waals surface area contributed by atoms with E-state index in [-0.39, 0.29) is 29.4 Å². The van der Waals surface area contributed by atoms with Gasteiger partial charge in [-0.25, -0.2) is 4.68 Å². The molecule has 1 aliphatic rings. The highest BCUT2D eigenvalue weighted by Crippen LogP contribution is 2.34. The van der Waals surface area contributed by atoms with Crippen LogP contribution in [0, 0.1) is 0 Å². The monoisotopic (exact) mass is 451 g/mol. The second-order valence-electron chi connectivity index (χ2n) is 7.44. The van der Waals surface area contributed by atoms with Gasteiger partial charge in [-0.1, -0.05) is 19.1 Å². The number of alkyl halides is 3. The predicted octanol–water partition coefficient (Wildman–Crippen LogP) is 2.07. The first kappa shape index (κ1) is 23.5. The second-order valence-corrected chi connectivity index (χ2v) is 7.44. The number of nitrogens with one attached hydrogen (secondary N) is 1. The molecule has 1 fully saturated rings. The molecule has 0 unspecified atom stereocenters. The summed E-state index contributed by atoms with van der Waals surface area (Å²) in [6.07, 6.45) is -3.86. The highest BCUT2D eigenvalue weighted by Gasteiger charge is 2.33. The number of aryl methyl sites for hydroxylation is 1. The van der Waals surface area contributed by atoms with Gasteiger partial charge in [0.25, 0.3) is 11.5 Å². The first-order chi connectivity index (χ1) is 15.2. The summed E-state index contributed by atoms with van der Waals surface area (Å²) >= 11 is 0. The summed E-state index contributed by atoms with van der Waals surface area (Å²) in [4.78, 5) is 40.1. The molecule has 2 aromatic rings. The van der Waals surface area contributed by atoms with Crippen molar-refractivity contribution >= 4 is 17.5 Å². The van der Waals surface area contributed by atoms with Crippen LogP contribution >= 0.6 is 0 Å². The van der Waals surface area contributed by atoms with E-state index in [0.717, 1.165) is 6.07 Å². The molecule has 1 aromatic heterocycles. The Morgan fingerprint density at radius 1 is 1.06 bits per heavy atom. The number of halogens is 3. The number of hydrogen-bond donors (Lipinski definition) is 1. The van der Waals surface area contributed by atoms with Crippen LogP contribution in [0.25, 0.3) is 0 Å². The predicted molar refractivity (Wildman–Crippen MR) is 111 cm³/mol. The van der Waals surface area contributed by atoms with Crippen molar-refractivity contribution in [3.8, 4) is 0 Å². The van der Waals surface area contributed by atoms with Crippen molar-refractivity contribution in [2.24, 2.45) is 0 Å². The number of aromatic nitrogens is 2. The van der Waals surface area contributed by atoms with E-state index in [1.54, 1.807) is 9.80 Å². The van der Waals surface area contributed by atoms with E-state index in [1.165, 1.54) is 35.0 Å². The zero-order valence-corrected chi connectivity index (χ0v) is 17.6. The SMILES string of the molecule is CCCn1nc(C(=O)N2CCN(CC(=O)Nc3ccccc3C(F)(F)F)CC2)ccc1=O. The van der Waals surface area contributed by atoms with Crippen LogP contribution in [0.3, 0.4) is 0 Å². The second kappa shape index (κ2) is 9.94. The number of piperazine rings is 1. The van der Waals surface area contributed by atoms with E-state index >= 15 is 0 Å². The smallest absolute Gasteiger partial charge is 0.335 e. The Morgan fingerprint density at radius 3 is 2.41 bits per heavy atom. The van der Waals surface area contributed by atoms with E-state index in [2.05, 4.69) is 10.4 Å². The van der Waals surface area contributed by atoms with Gasteiger partial charge in [0.2, 0.25) is 5.91 Å². The van der Waals surface area contributed by atoms with Gasteiger partial charge in [0.1, 0.15) is 5.69 Å². The molecule has 1 saturated heterocycles. The average molecular weight is 451 g/mol. The van der Waals surface area contributed by atoms with E-state index < -0.39 is 17.6 Å². The minimum Gasteiger partial charge on any atom is -0.335 e. The summed E-state index contributed by atoms with van der Waals surface area (Å²) in [7, 11) is 0. The van der Waals surface area contributed by atoms with Gasteiger partial charge in [0.15, 0.2) is 0 Å². The number of carbonyl (C=O) groups excluding carboxylic acids is 2. The third-order valence-corrected chi connectivity index (χ3v) is 5.05. The fourth-order valence-corrected chi connectivity index (χ4v) is 3.44. The number of rotatable bonds is 6. The summed E-state index contributed by atoms with van der Waals surface area (Å²) < 4.78 is 40.5. The van der Waals surface area contributed by atoms with Gasteiger partial charge in [-0.05, 0) is 24.6 Å². The Bertz CT molecular complexity index is 1030. The van der Waals surface area contributed by atoms with Gasteiger partial charge in [-0.15, -0.1) is 0 Å². The number of nitrogens with zero attached hydrogens (tertiary/aromatic N) is 4. The maximum Gasteiger partial charge on any atom is 0.418 e. The van der Waals surface area contributed by atoms with Gasteiger partial charge in [-0.2, -0.15) is 18.3 Å². The quantitative estimate of drug-likeness (QED) is 0.727. The van der Waals surface area contributed by atoms with Crippen molar-refractivity contribution in [2.45, 2.75) is 26.1 Å². The lowest BCUT2D eigenvalue weighted by atomic mass is 10.1. The number of para-hydroxylation sites is 1. The number of anilines is 1. The summed E-state index contributed by atoms with van der Waals surface area (Å²) in [5.41, 5.74) is -1.29. The number of hydrogen-bond acceptors (Lipinski definition) is 5. The van der Waals surface area contributed by atoms with Crippen LogP contribution in [0.15, 0.2) is 41.2 Å². The number of amides is 2. The molecule has 0 spiro atoms. The molecule has 172 valence electrons. The maximum absolute atomic E-state index is 13.1. The molecule has 2 heterocycles. The lowest BCUT2D eigenvalue weighted by Gasteiger charge is -2.34. The summed E-state index contributed by atoms with van der Waals surface area (Å²) in [6.45, 7) is 3.66. The topological polar surface area (TPSA) is 87.5 Å². The largest absolute Gasteiger partial charge is 0.418 e. The highest BCUT2D eigenvalue weighted by atomic mass is 19.4. The fourth-order valence-electron chi connectivity index (χ4n) is 3.44. The molecule has 1 N–H and O–H groups in total. The third-order valence-electron chi connectivity index (χ3n) is 5.05. The Hall–Kier alpha value is -3.21. The van der Waals surface area contributed by atoms with Crippen molar-refractivity contribution < 1.29 is 22.8 Å². The molecule has 32 heavy (non-hydrogen) atoms. The van der Waals surface area contributed by atoms with Crippen LogP contribution in [0.1, 0.15) is 29.4 Å².